The SMILES string of the molecule is Nc1ccc2c(c1)C(=O)CC(c1cccs1)O2. The standard InChI is InChI=1S/C13H11NO2S/c14-8-3-4-11-9(6-8)10(15)7-12(16-11)13-2-1-5-17-13/h1-6,12H,7,14H2. The molecule has 3 nitrogen and oxygen atoms in total. The summed E-state index contributed by atoms with van der Waals surface area (Å²) in [6.45, 7) is 0. The first-order chi connectivity index (χ1) is 8.24. The third kappa shape index (κ3) is 1.80. The summed E-state index contributed by atoms with van der Waals surface area (Å²) >= 11 is 1.61. The number of rotatable bonds is 1. The van der Waals surface area contributed by atoms with E-state index in [0.717, 1.165) is 4.88 Å². The van der Waals surface area contributed by atoms with Gasteiger partial charge in [-0.2, -0.15) is 0 Å². The zero-order valence-electron chi connectivity index (χ0n) is 9.05. The molecule has 2 N–H and O–H groups in total. The van der Waals surface area contributed by atoms with Crippen molar-refractivity contribution in [3.05, 3.63) is 46.2 Å². The van der Waals surface area contributed by atoms with Crippen LogP contribution in [0.5, 0.6) is 5.75 Å². The Kier molecular flexibility index (Phi) is 2.37. The lowest BCUT2D eigenvalue weighted by Gasteiger charge is -2.24. The molecule has 0 radical (unpaired) electrons. The molecule has 1 unspecified atom stereocenters. The quantitative estimate of drug-likeness (QED) is 0.786. The largest absolute Gasteiger partial charge is 0.484 e. The van der Waals surface area contributed by atoms with Crippen LogP contribution in [-0.4, -0.2) is 5.78 Å². The van der Waals surface area contributed by atoms with Gasteiger partial charge in [0, 0.05) is 10.6 Å². The van der Waals surface area contributed by atoms with Crippen LogP contribution >= 0.6 is 11.3 Å². The lowest BCUT2D eigenvalue weighted by atomic mass is 9.99. The zero-order valence-corrected chi connectivity index (χ0v) is 9.87. The van der Waals surface area contributed by atoms with Crippen molar-refractivity contribution in [1.29, 1.82) is 0 Å². The molecule has 0 saturated carbocycles. The van der Waals surface area contributed by atoms with Crippen LogP contribution in [0.25, 0.3) is 0 Å². The maximum Gasteiger partial charge on any atom is 0.170 e. The van der Waals surface area contributed by atoms with E-state index in [1.807, 2.05) is 17.5 Å². The first kappa shape index (κ1) is 10.4. The highest BCUT2D eigenvalue weighted by molar-refractivity contribution is 7.10. The summed E-state index contributed by atoms with van der Waals surface area (Å²) in [6.07, 6.45) is 0.232. The minimum Gasteiger partial charge on any atom is -0.484 e. The number of nitrogen functional groups attached to an aromatic ring is 1. The first-order valence-electron chi connectivity index (χ1n) is 5.37. The molecular weight excluding hydrogens is 234 g/mol. The lowest BCUT2D eigenvalue weighted by molar-refractivity contribution is 0.0854. The molecule has 1 aromatic carbocycles. The van der Waals surface area contributed by atoms with Gasteiger partial charge in [-0.25, -0.2) is 0 Å². The number of hydrogen-bond donors (Lipinski definition) is 1. The van der Waals surface area contributed by atoms with Crippen LogP contribution in [-0.2, 0) is 0 Å². The molecule has 0 saturated heterocycles. The normalized spacial score (nSPS) is 18.6. The fourth-order valence-corrected chi connectivity index (χ4v) is 2.73. The van der Waals surface area contributed by atoms with Crippen molar-refractivity contribution >= 4 is 22.8 Å². The highest BCUT2D eigenvalue weighted by atomic mass is 32.1. The van der Waals surface area contributed by atoms with Crippen molar-refractivity contribution in [2.24, 2.45) is 0 Å². The molecule has 4 heteroatoms. The van der Waals surface area contributed by atoms with Crippen molar-refractivity contribution in [3.8, 4) is 5.75 Å². The van der Waals surface area contributed by atoms with Gasteiger partial charge in [-0.05, 0) is 29.6 Å². The molecule has 0 aliphatic carbocycles. The van der Waals surface area contributed by atoms with Crippen molar-refractivity contribution in [2.75, 3.05) is 5.73 Å². The number of carbonyl (C=O) groups excluding carboxylic acids is 1. The first-order valence-corrected chi connectivity index (χ1v) is 6.25. The number of nitrogens with two attached hydrogens (primary N) is 1. The van der Waals surface area contributed by atoms with Crippen molar-refractivity contribution in [3.63, 3.8) is 0 Å². The number of anilines is 1. The van der Waals surface area contributed by atoms with E-state index in [9.17, 15) is 4.79 Å². The van der Waals surface area contributed by atoms with Crippen molar-refractivity contribution in [1.82, 2.24) is 0 Å². The summed E-state index contributed by atoms with van der Waals surface area (Å²) in [5.74, 6) is 0.728. The molecule has 86 valence electrons. The summed E-state index contributed by atoms with van der Waals surface area (Å²) < 4.78 is 5.84. The Labute approximate surface area is 103 Å². The van der Waals surface area contributed by atoms with Gasteiger partial charge in [0.1, 0.15) is 11.9 Å². The molecule has 2 heterocycles. The topological polar surface area (TPSA) is 52.3 Å². The van der Waals surface area contributed by atoms with E-state index < -0.39 is 0 Å². The highest BCUT2D eigenvalue weighted by Gasteiger charge is 2.28. The van der Waals surface area contributed by atoms with E-state index in [4.69, 9.17) is 10.5 Å². The van der Waals surface area contributed by atoms with Crippen LogP contribution < -0.4 is 10.5 Å². The van der Waals surface area contributed by atoms with Crippen LogP contribution in [0.1, 0.15) is 27.8 Å². The Morgan fingerprint density at radius 1 is 1.35 bits per heavy atom. The Hall–Kier alpha value is -1.81. The number of fused-ring (bicyclic) bond motifs is 1. The average molecular weight is 245 g/mol. The van der Waals surface area contributed by atoms with Crippen molar-refractivity contribution < 1.29 is 9.53 Å². The van der Waals surface area contributed by atoms with Gasteiger partial charge in [-0.1, -0.05) is 6.07 Å². The monoisotopic (exact) mass is 245 g/mol. The van der Waals surface area contributed by atoms with Gasteiger partial charge in [0.15, 0.2) is 5.78 Å². The summed E-state index contributed by atoms with van der Waals surface area (Å²) in [5.41, 5.74) is 6.86. The summed E-state index contributed by atoms with van der Waals surface area (Å²) in [5, 5.41) is 1.99. The maximum atomic E-state index is 12.0. The van der Waals surface area contributed by atoms with E-state index in [1.54, 1.807) is 29.5 Å². The van der Waals surface area contributed by atoms with E-state index in [1.165, 1.54) is 0 Å². The predicted octanol–water partition coefficient (Wildman–Crippen LogP) is 3.04. The third-order valence-electron chi connectivity index (χ3n) is 2.80. The van der Waals surface area contributed by atoms with Crippen LogP contribution in [0.2, 0.25) is 0 Å². The molecule has 0 bridgehead atoms. The summed E-state index contributed by atoms with van der Waals surface area (Å²) in [6, 6.07) is 9.16. The van der Waals surface area contributed by atoms with Gasteiger partial charge in [0.2, 0.25) is 0 Å². The number of Topliss-reactive ketones (excluding diaryl/α,β-unsaturated/α-hetero) is 1. The minimum atomic E-state index is -0.154. The Morgan fingerprint density at radius 3 is 3.00 bits per heavy atom. The number of thiophene rings is 1. The van der Waals surface area contributed by atoms with E-state index in [0.29, 0.717) is 23.4 Å². The number of ketones is 1. The van der Waals surface area contributed by atoms with E-state index in [-0.39, 0.29) is 11.9 Å². The van der Waals surface area contributed by atoms with E-state index >= 15 is 0 Å². The molecule has 3 rings (SSSR count). The molecule has 0 spiro atoms. The zero-order chi connectivity index (χ0) is 11.8. The van der Waals surface area contributed by atoms with Gasteiger partial charge < -0.3 is 10.5 Å². The van der Waals surface area contributed by atoms with Crippen LogP contribution in [0, 0.1) is 0 Å². The fraction of sp³-hybridized carbons (Fsp3) is 0.154. The molecule has 2 aromatic rings. The fourth-order valence-electron chi connectivity index (χ4n) is 1.97. The number of benzene rings is 1. The van der Waals surface area contributed by atoms with Gasteiger partial charge in [-0.3, -0.25) is 4.79 Å². The second-order valence-electron chi connectivity index (χ2n) is 4.00. The Balaban J connectivity index is 1.99. The molecule has 1 aliphatic heterocycles. The molecule has 0 fully saturated rings. The lowest BCUT2D eigenvalue weighted by Crippen LogP contribution is -2.19. The molecule has 17 heavy (non-hydrogen) atoms. The smallest absolute Gasteiger partial charge is 0.170 e. The van der Waals surface area contributed by atoms with Crippen molar-refractivity contribution in [2.45, 2.75) is 12.5 Å². The Bertz CT molecular complexity index is 563. The van der Waals surface area contributed by atoms with Crippen LogP contribution in [0.4, 0.5) is 5.69 Å². The third-order valence-corrected chi connectivity index (χ3v) is 3.77. The van der Waals surface area contributed by atoms with E-state index in [2.05, 4.69) is 0 Å². The second kappa shape index (κ2) is 3.89. The molecule has 1 aromatic heterocycles. The molecular formula is C13H11NO2S. The van der Waals surface area contributed by atoms with Gasteiger partial charge >= 0.3 is 0 Å². The summed E-state index contributed by atoms with van der Waals surface area (Å²) in [7, 11) is 0. The van der Waals surface area contributed by atoms with Gasteiger partial charge in [0.25, 0.3) is 0 Å². The average Bonchev–Trinajstić information content (AvgIpc) is 2.83. The predicted molar refractivity (Wildman–Crippen MR) is 67.5 cm³/mol. The van der Waals surface area contributed by atoms with Gasteiger partial charge in [0.05, 0.1) is 12.0 Å². The molecule has 1 aliphatic rings. The number of hydrogen-bond acceptors (Lipinski definition) is 4. The molecule has 0 amide bonds. The Morgan fingerprint density at radius 2 is 2.24 bits per heavy atom. The number of carbonyl (C=O) groups is 1. The maximum absolute atomic E-state index is 12.0. The van der Waals surface area contributed by atoms with Crippen LogP contribution in [0.15, 0.2) is 35.7 Å². The second-order valence-corrected chi connectivity index (χ2v) is 4.98. The highest BCUT2D eigenvalue weighted by Crippen LogP contribution is 2.37. The molecule has 1 atom stereocenters. The van der Waals surface area contributed by atoms with Crippen LogP contribution in [0.3, 0.4) is 0 Å². The minimum absolute atomic E-state index is 0.0944. The van der Waals surface area contributed by atoms with Gasteiger partial charge in [-0.15, -0.1) is 11.3 Å². The number of ether oxygens (including phenoxy) is 1. The summed E-state index contributed by atoms with van der Waals surface area (Å²) in [4.78, 5) is 13.1.